The standard InChI is InChI=1S/C18H19F4N5O3/c1-23-16-11(18(20,21)22)7-24-17(26-16)25-12-4-3-10(14(19)15(12)29-2)13-8-27(9-28)5-6-30-13/h3-4,7,9,13H,5-6,8H2,1-2H3,(H2,23,24,25,26). The number of amides is 1. The van der Waals surface area contributed by atoms with Gasteiger partial charge in [0, 0.05) is 25.4 Å². The molecule has 2 heterocycles. The van der Waals surface area contributed by atoms with E-state index in [1.165, 1.54) is 31.2 Å². The van der Waals surface area contributed by atoms with Crippen LogP contribution in [0.4, 0.5) is 35.0 Å². The first kappa shape index (κ1) is 21.6. The molecule has 1 aliphatic rings. The van der Waals surface area contributed by atoms with Crippen molar-refractivity contribution in [3.05, 3.63) is 35.3 Å². The van der Waals surface area contributed by atoms with Gasteiger partial charge in [0.25, 0.3) is 0 Å². The first-order valence-corrected chi connectivity index (χ1v) is 8.84. The van der Waals surface area contributed by atoms with Crippen LogP contribution < -0.4 is 15.4 Å². The Kier molecular flexibility index (Phi) is 6.25. The van der Waals surface area contributed by atoms with E-state index < -0.39 is 29.5 Å². The van der Waals surface area contributed by atoms with Crippen molar-refractivity contribution in [3.63, 3.8) is 0 Å². The van der Waals surface area contributed by atoms with Gasteiger partial charge in [0.1, 0.15) is 17.5 Å². The molecule has 2 aromatic rings. The van der Waals surface area contributed by atoms with Crippen molar-refractivity contribution in [2.75, 3.05) is 44.5 Å². The molecule has 8 nitrogen and oxygen atoms in total. The monoisotopic (exact) mass is 429 g/mol. The number of hydrogen-bond acceptors (Lipinski definition) is 7. The zero-order valence-corrected chi connectivity index (χ0v) is 16.1. The fraction of sp³-hybridized carbons (Fsp3) is 0.389. The zero-order valence-electron chi connectivity index (χ0n) is 16.1. The number of nitrogens with zero attached hydrogens (tertiary/aromatic N) is 3. The van der Waals surface area contributed by atoms with Gasteiger partial charge in [-0.1, -0.05) is 6.07 Å². The number of nitrogens with one attached hydrogen (secondary N) is 2. The number of carbonyl (C=O) groups is 1. The Morgan fingerprint density at radius 2 is 2.13 bits per heavy atom. The molecule has 30 heavy (non-hydrogen) atoms. The average molecular weight is 429 g/mol. The van der Waals surface area contributed by atoms with Crippen LogP contribution in [0.25, 0.3) is 0 Å². The maximum atomic E-state index is 15.1. The van der Waals surface area contributed by atoms with Gasteiger partial charge in [-0.25, -0.2) is 9.37 Å². The summed E-state index contributed by atoms with van der Waals surface area (Å²) in [6, 6.07) is 2.92. The number of hydrogen-bond donors (Lipinski definition) is 2. The maximum Gasteiger partial charge on any atom is 0.421 e. The highest BCUT2D eigenvalue weighted by molar-refractivity contribution is 5.65. The van der Waals surface area contributed by atoms with E-state index in [9.17, 15) is 18.0 Å². The van der Waals surface area contributed by atoms with Crippen LogP contribution in [0.2, 0.25) is 0 Å². The molecule has 1 atom stereocenters. The normalized spacial score (nSPS) is 16.9. The highest BCUT2D eigenvalue weighted by Crippen LogP contribution is 2.37. The molecule has 1 aliphatic heterocycles. The van der Waals surface area contributed by atoms with Crippen molar-refractivity contribution in [1.82, 2.24) is 14.9 Å². The highest BCUT2D eigenvalue weighted by atomic mass is 19.4. The fourth-order valence-corrected chi connectivity index (χ4v) is 3.03. The van der Waals surface area contributed by atoms with E-state index in [1.54, 1.807) is 0 Å². The number of benzene rings is 1. The van der Waals surface area contributed by atoms with Gasteiger partial charge in [-0.3, -0.25) is 4.79 Å². The van der Waals surface area contributed by atoms with Crippen molar-refractivity contribution in [2.45, 2.75) is 12.3 Å². The number of carbonyl (C=O) groups excluding carboxylic acids is 1. The molecule has 0 aliphatic carbocycles. The summed E-state index contributed by atoms with van der Waals surface area (Å²) in [6.45, 7) is 0.860. The van der Waals surface area contributed by atoms with Crippen molar-refractivity contribution in [2.24, 2.45) is 0 Å². The quantitative estimate of drug-likeness (QED) is 0.539. The van der Waals surface area contributed by atoms with Gasteiger partial charge in [-0.05, 0) is 6.07 Å². The highest BCUT2D eigenvalue weighted by Gasteiger charge is 2.35. The topological polar surface area (TPSA) is 88.6 Å². The van der Waals surface area contributed by atoms with Crippen molar-refractivity contribution >= 4 is 23.9 Å². The molecular formula is C18H19F4N5O3. The number of rotatable bonds is 6. The van der Waals surface area contributed by atoms with E-state index >= 15 is 4.39 Å². The molecule has 162 valence electrons. The lowest BCUT2D eigenvalue weighted by Crippen LogP contribution is -2.37. The predicted molar refractivity (Wildman–Crippen MR) is 99.1 cm³/mol. The van der Waals surface area contributed by atoms with Crippen LogP contribution in [0, 0.1) is 5.82 Å². The van der Waals surface area contributed by atoms with E-state index in [-0.39, 0.29) is 36.1 Å². The summed E-state index contributed by atoms with van der Waals surface area (Å²) in [7, 11) is 2.54. The van der Waals surface area contributed by atoms with Gasteiger partial charge >= 0.3 is 6.18 Å². The first-order chi connectivity index (χ1) is 14.3. The van der Waals surface area contributed by atoms with Crippen LogP contribution >= 0.6 is 0 Å². The summed E-state index contributed by atoms with van der Waals surface area (Å²) in [5.41, 5.74) is -0.727. The van der Waals surface area contributed by atoms with Crippen molar-refractivity contribution in [1.29, 1.82) is 0 Å². The van der Waals surface area contributed by atoms with Gasteiger partial charge < -0.3 is 25.0 Å². The predicted octanol–water partition coefficient (Wildman–Crippen LogP) is 2.96. The Bertz CT molecular complexity index is 925. The van der Waals surface area contributed by atoms with Gasteiger partial charge in [-0.15, -0.1) is 0 Å². The second-order valence-corrected chi connectivity index (χ2v) is 6.34. The summed E-state index contributed by atoms with van der Waals surface area (Å²) >= 11 is 0. The lowest BCUT2D eigenvalue weighted by Gasteiger charge is -2.31. The van der Waals surface area contributed by atoms with E-state index in [1.807, 2.05) is 0 Å². The van der Waals surface area contributed by atoms with Crippen LogP contribution in [-0.4, -0.2) is 55.1 Å². The molecule has 0 bridgehead atoms. The SMILES string of the molecule is CNc1nc(Nc2ccc(C3CN(C=O)CCO3)c(F)c2OC)ncc1C(F)(F)F. The number of anilines is 3. The number of alkyl halides is 3. The molecule has 1 fully saturated rings. The van der Waals surface area contributed by atoms with Gasteiger partial charge in [-0.2, -0.15) is 18.2 Å². The van der Waals surface area contributed by atoms with Crippen LogP contribution in [0.3, 0.4) is 0 Å². The molecule has 12 heteroatoms. The minimum absolute atomic E-state index is 0.114. The Labute approximate surface area is 169 Å². The fourth-order valence-electron chi connectivity index (χ4n) is 3.03. The third kappa shape index (κ3) is 4.37. The van der Waals surface area contributed by atoms with Crippen LogP contribution in [0.5, 0.6) is 5.75 Å². The average Bonchev–Trinajstić information content (AvgIpc) is 2.73. The Morgan fingerprint density at radius 3 is 2.77 bits per heavy atom. The largest absolute Gasteiger partial charge is 0.492 e. The van der Waals surface area contributed by atoms with Gasteiger partial charge in [0.15, 0.2) is 11.6 Å². The molecule has 0 radical (unpaired) electrons. The van der Waals surface area contributed by atoms with Gasteiger partial charge in [0.2, 0.25) is 12.4 Å². The molecule has 0 saturated carbocycles. The minimum atomic E-state index is -4.63. The van der Waals surface area contributed by atoms with Crippen LogP contribution in [0.1, 0.15) is 17.2 Å². The molecule has 1 aromatic heterocycles. The third-order valence-corrected chi connectivity index (χ3v) is 4.50. The van der Waals surface area contributed by atoms with Crippen LogP contribution in [-0.2, 0) is 15.7 Å². The Balaban J connectivity index is 1.90. The molecule has 1 unspecified atom stereocenters. The lowest BCUT2D eigenvalue weighted by molar-refractivity contribution is -0.137. The zero-order chi connectivity index (χ0) is 21.9. The number of ether oxygens (including phenoxy) is 2. The molecule has 0 spiro atoms. The summed E-state index contributed by atoms with van der Waals surface area (Å²) in [5, 5.41) is 5.03. The summed E-state index contributed by atoms with van der Waals surface area (Å²) in [4.78, 5) is 19.9. The molecule has 1 amide bonds. The van der Waals surface area contributed by atoms with E-state index in [0.29, 0.717) is 19.2 Å². The second-order valence-electron chi connectivity index (χ2n) is 6.34. The smallest absolute Gasteiger partial charge is 0.421 e. The van der Waals surface area contributed by atoms with Crippen molar-refractivity contribution in [3.8, 4) is 5.75 Å². The number of aromatic nitrogens is 2. The third-order valence-electron chi connectivity index (χ3n) is 4.50. The lowest BCUT2D eigenvalue weighted by atomic mass is 10.1. The van der Waals surface area contributed by atoms with E-state index in [4.69, 9.17) is 9.47 Å². The maximum absolute atomic E-state index is 15.1. The number of morpholine rings is 1. The summed E-state index contributed by atoms with van der Waals surface area (Å²) in [6.07, 6.45) is -4.01. The first-order valence-electron chi connectivity index (χ1n) is 8.84. The van der Waals surface area contributed by atoms with Crippen molar-refractivity contribution < 1.29 is 31.8 Å². The van der Waals surface area contributed by atoms with E-state index in [0.717, 1.165) is 0 Å². The molecule has 2 N–H and O–H groups in total. The van der Waals surface area contributed by atoms with Gasteiger partial charge in [0.05, 0.1) is 25.9 Å². The summed E-state index contributed by atoms with van der Waals surface area (Å²) < 4.78 is 64.7. The van der Waals surface area contributed by atoms with Crippen LogP contribution in [0.15, 0.2) is 18.3 Å². The second kappa shape index (κ2) is 8.69. The molecule has 3 rings (SSSR count). The summed E-state index contributed by atoms with van der Waals surface area (Å²) in [5.74, 6) is -1.52. The number of methoxy groups -OCH3 is 1. The minimum Gasteiger partial charge on any atom is -0.492 e. The molecule has 1 aromatic carbocycles. The Hall–Kier alpha value is -3.15. The van der Waals surface area contributed by atoms with E-state index in [2.05, 4.69) is 20.6 Å². The molecular weight excluding hydrogens is 410 g/mol. The number of halogens is 4. The Morgan fingerprint density at radius 1 is 1.37 bits per heavy atom. The molecule has 1 saturated heterocycles.